The minimum absolute atomic E-state index is 0.0979. The maximum atomic E-state index is 12.6. The van der Waals surface area contributed by atoms with Gasteiger partial charge in [0, 0.05) is 31.1 Å². The van der Waals surface area contributed by atoms with Gasteiger partial charge in [-0.15, -0.1) is 11.3 Å². The molecular formula is C13H17N3O2S. The fraction of sp³-hybridized carbons (Fsp3) is 0.615. The molecule has 102 valence electrons. The van der Waals surface area contributed by atoms with Crippen molar-refractivity contribution in [3.63, 3.8) is 0 Å². The molecular weight excluding hydrogens is 262 g/mol. The smallest absolute Gasteiger partial charge is 0.245 e. The van der Waals surface area contributed by atoms with Crippen molar-refractivity contribution in [1.82, 2.24) is 14.8 Å². The third-order valence-electron chi connectivity index (χ3n) is 3.83. The Hall–Kier alpha value is -1.43. The number of carbonyl (C=O) groups excluding carboxylic acids is 2. The third-order valence-corrected chi connectivity index (χ3v) is 4.59. The number of piperidine rings is 1. The van der Waals surface area contributed by atoms with Crippen LogP contribution in [0.3, 0.4) is 0 Å². The van der Waals surface area contributed by atoms with Crippen LogP contribution in [0, 0.1) is 0 Å². The Balaban J connectivity index is 1.78. The maximum Gasteiger partial charge on any atom is 0.245 e. The highest BCUT2D eigenvalue weighted by Gasteiger charge is 2.37. The molecule has 19 heavy (non-hydrogen) atoms. The topological polar surface area (TPSA) is 53.5 Å². The van der Waals surface area contributed by atoms with Gasteiger partial charge in [0.15, 0.2) is 0 Å². The summed E-state index contributed by atoms with van der Waals surface area (Å²) in [5.74, 6) is 0.223. The normalized spacial score (nSPS) is 24.3. The van der Waals surface area contributed by atoms with Gasteiger partial charge in [0.2, 0.25) is 11.8 Å². The number of carbonyl (C=O) groups is 2. The second-order valence-corrected chi connectivity index (χ2v) is 6.01. The predicted molar refractivity (Wildman–Crippen MR) is 71.5 cm³/mol. The summed E-state index contributed by atoms with van der Waals surface area (Å²) in [5.41, 5.74) is 0. The summed E-state index contributed by atoms with van der Waals surface area (Å²) in [5, 5.41) is 2.85. The predicted octanol–water partition coefficient (Wildman–Crippen LogP) is 1.26. The first kappa shape index (κ1) is 12.6. The van der Waals surface area contributed by atoms with E-state index in [0.717, 1.165) is 30.8 Å². The third kappa shape index (κ3) is 2.49. The molecule has 1 unspecified atom stereocenters. The number of amides is 2. The van der Waals surface area contributed by atoms with Gasteiger partial charge in [-0.2, -0.15) is 0 Å². The van der Waals surface area contributed by atoms with Crippen LogP contribution in [0.2, 0.25) is 0 Å². The zero-order chi connectivity index (χ0) is 13.2. The standard InChI is InChI=1S/C13H17N3O2S/c17-12-4-7-15(9-11-14-5-8-19-11)13(18)10-3-1-2-6-16(10)12/h5,8,10H,1-4,6-7,9H2. The molecule has 1 aromatic heterocycles. The first-order valence-corrected chi connectivity index (χ1v) is 7.60. The molecule has 0 N–H and O–H groups in total. The zero-order valence-electron chi connectivity index (χ0n) is 10.7. The highest BCUT2D eigenvalue weighted by Crippen LogP contribution is 2.24. The molecule has 2 saturated heterocycles. The van der Waals surface area contributed by atoms with Crippen molar-refractivity contribution in [2.45, 2.75) is 38.3 Å². The number of hydrogen-bond donors (Lipinski definition) is 0. The minimum Gasteiger partial charge on any atom is -0.334 e. The number of nitrogens with zero attached hydrogens (tertiary/aromatic N) is 3. The molecule has 3 heterocycles. The van der Waals surface area contributed by atoms with Gasteiger partial charge in [-0.3, -0.25) is 9.59 Å². The Morgan fingerprint density at radius 1 is 1.32 bits per heavy atom. The molecule has 0 radical (unpaired) electrons. The van der Waals surface area contributed by atoms with Crippen LogP contribution < -0.4 is 0 Å². The minimum atomic E-state index is -0.233. The summed E-state index contributed by atoms with van der Waals surface area (Å²) < 4.78 is 0. The van der Waals surface area contributed by atoms with Crippen LogP contribution in [0.4, 0.5) is 0 Å². The van der Waals surface area contributed by atoms with E-state index >= 15 is 0 Å². The SMILES string of the molecule is O=C1C2CCCCN2C(=O)CCN1Cc1nccs1. The van der Waals surface area contributed by atoms with Crippen LogP contribution in [0.25, 0.3) is 0 Å². The first-order valence-electron chi connectivity index (χ1n) is 6.72. The molecule has 0 bridgehead atoms. The summed E-state index contributed by atoms with van der Waals surface area (Å²) >= 11 is 1.55. The molecule has 0 aromatic carbocycles. The van der Waals surface area contributed by atoms with Crippen molar-refractivity contribution in [2.24, 2.45) is 0 Å². The molecule has 0 saturated carbocycles. The van der Waals surface area contributed by atoms with Gasteiger partial charge >= 0.3 is 0 Å². The summed E-state index contributed by atoms with van der Waals surface area (Å²) in [4.78, 5) is 32.4. The Bertz CT molecular complexity index is 474. The number of rotatable bonds is 2. The molecule has 1 atom stereocenters. The largest absolute Gasteiger partial charge is 0.334 e. The number of thiazole rings is 1. The van der Waals surface area contributed by atoms with Gasteiger partial charge < -0.3 is 9.80 Å². The van der Waals surface area contributed by atoms with Gasteiger partial charge in [-0.1, -0.05) is 0 Å². The van der Waals surface area contributed by atoms with Crippen molar-refractivity contribution in [3.8, 4) is 0 Å². The summed E-state index contributed by atoms with van der Waals surface area (Å²) in [6, 6.07) is -0.233. The van der Waals surface area contributed by atoms with E-state index < -0.39 is 0 Å². The highest BCUT2D eigenvalue weighted by molar-refractivity contribution is 7.09. The zero-order valence-corrected chi connectivity index (χ0v) is 11.6. The van der Waals surface area contributed by atoms with E-state index in [-0.39, 0.29) is 17.9 Å². The van der Waals surface area contributed by atoms with Crippen molar-refractivity contribution in [1.29, 1.82) is 0 Å². The van der Waals surface area contributed by atoms with Crippen molar-refractivity contribution in [2.75, 3.05) is 13.1 Å². The summed E-state index contributed by atoms with van der Waals surface area (Å²) in [6.07, 6.45) is 5.04. The van der Waals surface area contributed by atoms with Crippen molar-refractivity contribution < 1.29 is 9.59 Å². The first-order chi connectivity index (χ1) is 9.25. The van der Waals surface area contributed by atoms with Gasteiger partial charge in [-0.25, -0.2) is 4.98 Å². The van der Waals surface area contributed by atoms with Gasteiger partial charge in [0.05, 0.1) is 6.54 Å². The van der Waals surface area contributed by atoms with E-state index in [1.54, 1.807) is 27.3 Å². The van der Waals surface area contributed by atoms with E-state index in [1.807, 2.05) is 5.38 Å². The van der Waals surface area contributed by atoms with Crippen LogP contribution in [-0.2, 0) is 16.1 Å². The lowest BCUT2D eigenvalue weighted by molar-refractivity contribution is -0.143. The quantitative estimate of drug-likeness (QED) is 0.819. The molecule has 2 fully saturated rings. The highest BCUT2D eigenvalue weighted by atomic mass is 32.1. The van der Waals surface area contributed by atoms with E-state index in [2.05, 4.69) is 4.98 Å². The molecule has 2 aliphatic heterocycles. The van der Waals surface area contributed by atoms with E-state index in [4.69, 9.17) is 0 Å². The molecule has 0 spiro atoms. The van der Waals surface area contributed by atoms with Crippen molar-refractivity contribution in [3.05, 3.63) is 16.6 Å². The van der Waals surface area contributed by atoms with Crippen LogP contribution in [0.5, 0.6) is 0 Å². The lowest BCUT2D eigenvalue weighted by atomic mass is 10.0. The van der Waals surface area contributed by atoms with Crippen molar-refractivity contribution >= 4 is 23.2 Å². The van der Waals surface area contributed by atoms with Gasteiger partial charge in [0.1, 0.15) is 11.0 Å². The molecule has 2 amide bonds. The van der Waals surface area contributed by atoms with Gasteiger partial charge in [-0.05, 0) is 19.3 Å². The number of hydrogen-bond acceptors (Lipinski definition) is 4. The van der Waals surface area contributed by atoms with Crippen LogP contribution in [0.15, 0.2) is 11.6 Å². The lowest BCUT2D eigenvalue weighted by Crippen LogP contribution is -2.49. The fourth-order valence-electron chi connectivity index (χ4n) is 2.83. The average Bonchev–Trinajstić information content (AvgIpc) is 2.91. The Kier molecular flexibility index (Phi) is 3.50. The summed E-state index contributed by atoms with van der Waals surface area (Å²) in [7, 11) is 0. The number of fused-ring (bicyclic) bond motifs is 1. The van der Waals surface area contributed by atoms with E-state index in [1.165, 1.54) is 0 Å². The van der Waals surface area contributed by atoms with E-state index in [9.17, 15) is 9.59 Å². The van der Waals surface area contributed by atoms with E-state index in [0.29, 0.717) is 19.5 Å². The number of aromatic nitrogens is 1. The molecule has 3 rings (SSSR count). The second-order valence-electron chi connectivity index (χ2n) is 5.03. The molecule has 5 nitrogen and oxygen atoms in total. The Morgan fingerprint density at radius 3 is 3.00 bits per heavy atom. The Morgan fingerprint density at radius 2 is 2.21 bits per heavy atom. The van der Waals surface area contributed by atoms with Crippen LogP contribution in [-0.4, -0.2) is 45.7 Å². The second kappa shape index (κ2) is 5.28. The molecule has 0 aliphatic carbocycles. The maximum absolute atomic E-state index is 12.6. The average molecular weight is 279 g/mol. The van der Waals surface area contributed by atoms with Crippen LogP contribution in [0.1, 0.15) is 30.7 Å². The molecule has 6 heteroatoms. The monoisotopic (exact) mass is 279 g/mol. The lowest BCUT2D eigenvalue weighted by Gasteiger charge is -2.34. The Labute approximate surface area is 116 Å². The summed E-state index contributed by atoms with van der Waals surface area (Å²) in [6.45, 7) is 1.79. The molecule has 2 aliphatic rings. The van der Waals surface area contributed by atoms with Crippen LogP contribution >= 0.6 is 11.3 Å². The fourth-order valence-corrected chi connectivity index (χ4v) is 3.46. The van der Waals surface area contributed by atoms with Gasteiger partial charge in [0.25, 0.3) is 0 Å². The molecule has 1 aromatic rings.